The van der Waals surface area contributed by atoms with Crippen LogP contribution >= 0.6 is 0 Å². The number of pyridine rings is 1. The number of hydrogen-bond donors (Lipinski definition) is 3. The van der Waals surface area contributed by atoms with Crippen LogP contribution in [0.1, 0.15) is 5.56 Å². The molecule has 0 radical (unpaired) electrons. The summed E-state index contributed by atoms with van der Waals surface area (Å²) < 4.78 is 0. The van der Waals surface area contributed by atoms with Crippen LogP contribution in [-0.2, 0) is 6.42 Å². The fourth-order valence-electron chi connectivity index (χ4n) is 1.44. The maximum Gasteiger partial charge on any atom is 0.137 e. The van der Waals surface area contributed by atoms with Gasteiger partial charge in [0, 0.05) is 24.2 Å². The molecule has 0 aliphatic rings. The van der Waals surface area contributed by atoms with Crippen molar-refractivity contribution in [2.45, 2.75) is 12.6 Å². The van der Waals surface area contributed by atoms with Crippen molar-refractivity contribution in [3.05, 3.63) is 30.1 Å². The van der Waals surface area contributed by atoms with Crippen LogP contribution < -0.4 is 11.5 Å². The van der Waals surface area contributed by atoms with Gasteiger partial charge >= 0.3 is 0 Å². The van der Waals surface area contributed by atoms with E-state index < -0.39 is 0 Å². The highest BCUT2D eigenvalue weighted by Gasteiger charge is 2.05. The van der Waals surface area contributed by atoms with E-state index in [1.54, 1.807) is 6.20 Å². The molecular formula is C9H12N4. The average molecular weight is 176 g/mol. The summed E-state index contributed by atoms with van der Waals surface area (Å²) in [5.41, 5.74) is 13.0. The number of rotatable bonds is 2. The van der Waals surface area contributed by atoms with Crippen LogP contribution in [0.15, 0.2) is 24.5 Å². The van der Waals surface area contributed by atoms with Gasteiger partial charge in [0.15, 0.2) is 0 Å². The zero-order valence-corrected chi connectivity index (χ0v) is 7.20. The van der Waals surface area contributed by atoms with Gasteiger partial charge in [-0.1, -0.05) is 0 Å². The Balaban J connectivity index is 2.46. The first-order chi connectivity index (χ1) is 6.27. The molecule has 0 aliphatic carbocycles. The minimum Gasteiger partial charge on any atom is -0.346 e. The van der Waals surface area contributed by atoms with E-state index in [1.165, 1.54) is 0 Å². The summed E-state index contributed by atoms with van der Waals surface area (Å²) in [4.78, 5) is 7.24. The summed E-state index contributed by atoms with van der Waals surface area (Å²) in [6, 6.07) is 3.91. The summed E-state index contributed by atoms with van der Waals surface area (Å²) in [6.07, 6.45) is 4.03. The summed E-state index contributed by atoms with van der Waals surface area (Å²) >= 11 is 0. The fraction of sp³-hybridized carbons (Fsp3) is 0.222. The topological polar surface area (TPSA) is 80.7 Å². The minimum atomic E-state index is -0.306. The van der Waals surface area contributed by atoms with Crippen molar-refractivity contribution in [1.82, 2.24) is 9.97 Å². The number of nitrogens with zero attached hydrogens (tertiary/aromatic N) is 1. The Morgan fingerprint density at radius 3 is 3.08 bits per heavy atom. The van der Waals surface area contributed by atoms with Gasteiger partial charge < -0.3 is 16.5 Å². The van der Waals surface area contributed by atoms with Crippen molar-refractivity contribution in [2.24, 2.45) is 11.5 Å². The number of aromatic amines is 1. The van der Waals surface area contributed by atoms with Gasteiger partial charge in [-0.2, -0.15) is 0 Å². The zero-order valence-electron chi connectivity index (χ0n) is 7.20. The number of aromatic nitrogens is 2. The molecule has 0 unspecified atom stereocenters. The van der Waals surface area contributed by atoms with Gasteiger partial charge in [0.25, 0.3) is 0 Å². The highest BCUT2D eigenvalue weighted by molar-refractivity contribution is 5.79. The van der Waals surface area contributed by atoms with E-state index in [2.05, 4.69) is 9.97 Å². The van der Waals surface area contributed by atoms with Crippen molar-refractivity contribution in [2.75, 3.05) is 0 Å². The third kappa shape index (κ3) is 1.54. The molecule has 0 fully saturated rings. The van der Waals surface area contributed by atoms with Gasteiger partial charge in [0.2, 0.25) is 0 Å². The maximum atomic E-state index is 5.52. The van der Waals surface area contributed by atoms with Crippen LogP contribution in [0.4, 0.5) is 0 Å². The lowest BCUT2D eigenvalue weighted by Crippen LogP contribution is -2.32. The van der Waals surface area contributed by atoms with Crippen molar-refractivity contribution < 1.29 is 0 Å². The molecule has 0 saturated heterocycles. The van der Waals surface area contributed by atoms with Crippen LogP contribution in [0.5, 0.6) is 0 Å². The minimum absolute atomic E-state index is 0.306. The maximum absolute atomic E-state index is 5.52. The second-order valence-electron chi connectivity index (χ2n) is 3.08. The van der Waals surface area contributed by atoms with Crippen molar-refractivity contribution >= 4 is 11.0 Å². The van der Waals surface area contributed by atoms with E-state index in [0.717, 1.165) is 16.6 Å². The highest BCUT2D eigenvalue weighted by atomic mass is 14.9. The molecule has 0 saturated carbocycles. The summed E-state index contributed by atoms with van der Waals surface area (Å²) in [5, 5.41) is 1.10. The molecule has 13 heavy (non-hydrogen) atoms. The molecule has 0 amide bonds. The first-order valence-corrected chi connectivity index (χ1v) is 4.19. The first kappa shape index (κ1) is 8.22. The molecule has 4 nitrogen and oxygen atoms in total. The Bertz CT molecular complexity index is 405. The van der Waals surface area contributed by atoms with Gasteiger partial charge in [-0.15, -0.1) is 0 Å². The lowest BCUT2D eigenvalue weighted by Gasteiger charge is -2.02. The zero-order chi connectivity index (χ0) is 9.26. The smallest absolute Gasteiger partial charge is 0.137 e. The largest absolute Gasteiger partial charge is 0.346 e. The van der Waals surface area contributed by atoms with E-state index >= 15 is 0 Å². The molecule has 0 atom stereocenters. The molecule has 4 heteroatoms. The van der Waals surface area contributed by atoms with Crippen LogP contribution in [-0.4, -0.2) is 16.1 Å². The number of hydrogen-bond acceptors (Lipinski definition) is 3. The number of nitrogens with two attached hydrogens (primary N) is 2. The third-order valence-electron chi connectivity index (χ3n) is 1.99. The molecule has 2 rings (SSSR count). The van der Waals surface area contributed by atoms with Crippen molar-refractivity contribution in [3.8, 4) is 0 Å². The molecule has 5 N–H and O–H groups in total. The molecule has 2 heterocycles. The molecule has 2 aromatic rings. The normalized spacial score (nSPS) is 11.3. The molecule has 0 aliphatic heterocycles. The van der Waals surface area contributed by atoms with E-state index in [1.807, 2.05) is 18.3 Å². The number of H-pyrrole nitrogens is 1. The fourth-order valence-corrected chi connectivity index (χ4v) is 1.44. The van der Waals surface area contributed by atoms with Crippen molar-refractivity contribution in [1.29, 1.82) is 0 Å². The van der Waals surface area contributed by atoms with Gasteiger partial charge in [-0.3, -0.25) is 0 Å². The van der Waals surface area contributed by atoms with Crippen LogP contribution in [0.25, 0.3) is 11.0 Å². The van der Waals surface area contributed by atoms with Gasteiger partial charge in [-0.05, 0) is 17.7 Å². The molecule has 0 bridgehead atoms. The monoisotopic (exact) mass is 176 g/mol. The lowest BCUT2D eigenvalue weighted by atomic mass is 10.1. The summed E-state index contributed by atoms with van der Waals surface area (Å²) in [7, 11) is 0. The Labute approximate surface area is 76.0 Å². The second-order valence-corrected chi connectivity index (χ2v) is 3.08. The SMILES string of the molecule is NC(N)Cc1c[nH]c2ncccc12. The van der Waals surface area contributed by atoms with Crippen LogP contribution in [0, 0.1) is 0 Å². The molecule has 0 aromatic carbocycles. The summed E-state index contributed by atoms with van der Waals surface area (Å²) in [6.45, 7) is 0. The van der Waals surface area contributed by atoms with Crippen LogP contribution in [0.3, 0.4) is 0 Å². The standard InChI is InChI=1S/C9H12N4/c10-8(11)4-6-5-13-9-7(6)2-1-3-12-9/h1-3,5,8H,4,10-11H2,(H,12,13). The molecule has 68 valence electrons. The molecular weight excluding hydrogens is 164 g/mol. The van der Waals surface area contributed by atoms with E-state index in [9.17, 15) is 0 Å². The van der Waals surface area contributed by atoms with Gasteiger partial charge in [-0.25, -0.2) is 4.98 Å². The van der Waals surface area contributed by atoms with E-state index in [4.69, 9.17) is 11.5 Å². The molecule has 0 spiro atoms. The Kier molecular flexibility index (Phi) is 2.00. The van der Waals surface area contributed by atoms with Gasteiger partial charge in [0.1, 0.15) is 5.65 Å². The Morgan fingerprint density at radius 2 is 2.31 bits per heavy atom. The van der Waals surface area contributed by atoms with E-state index in [0.29, 0.717) is 6.42 Å². The Morgan fingerprint density at radius 1 is 1.46 bits per heavy atom. The van der Waals surface area contributed by atoms with Gasteiger partial charge in [0.05, 0.1) is 6.17 Å². The number of nitrogens with one attached hydrogen (secondary N) is 1. The third-order valence-corrected chi connectivity index (χ3v) is 1.99. The predicted molar refractivity (Wildman–Crippen MR) is 52.0 cm³/mol. The van der Waals surface area contributed by atoms with E-state index in [-0.39, 0.29) is 6.17 Å². The first-order valence-electron chi connectivity index (χ1n) is 4.19. The highest BCUT2D eigenvalue weighted by Crippen LogP contribution is 2.15. The van der Waals surface area contributed by atoms with Crippen molar-refractivity contribution in [3.63, 3.8) is 0 Å². The number of fused-ring (bicyclic) bond motifs is 1. The Hall–Kier alpha value is -1.39. The predicted octanol–water partition coefficient (Wildman–Crippen LogP) is 0.349. The molecule has 2 aromatic heterocycles. The van der Waals surface area contributed by atoms with Crippen LogP contribution in [0.2, 0.25) is 0 Å². The second kappa shape index (κ2) is 3.16. The quantitative estimate of drug-likeness (QED) is 0.577. The average Bonchev–Trinajstić information content (AvgIpc) is 2.48. The summed E-state index contributed by atoms with van der Waals surface area (Å²) in [5.74, 6) is 0. The lowest BCUT2D eigenvalue weighted by molar-refractivity contribution is 0.706.